The molecule has 0 aromatic heterocycles. The predicted molar refractivity (Wildman–Crippen MR) is 105 cm³/mol. The summed E-state index contributed by atoms with van der Waals surface area (Å²) in [5.74, 6) is -0.392. The van der Waals surface area contributed by atoms with Gasteiger partial charge in [0.25, 0.3) is 6.29 Å². The Morgan fingerprint density at radius 3 is 2.00 bits per heavy atom. The summed E-state index contributed by atoms with van der Waals surface area (Å²) in [6.07, 6.45) is -0.125. The molecule has 0 bridgehead atoms. The number of ketones is 1. The molecule has 146 valence electrons. The first kappa shape index (κ1) is 22.4. The van der Waals surface area contributed by atoms with E-state index in [0.29, 0.717) is 5.75 Å². The SMILES string of the molecule is CCC(C)(C)c1ccc(OC(OC)C(=O)C(C(=O)OC)[Si](C)(C)C)cc1. The van der Waals surface area contributed by atoms with Gasteiger partial charge in [-0.25, -0.2) is 0 Å². The lowest BCUT2D eigenvalue weighted by Crippen LogP contribution is -2.46. The molecule has 0 radical (unpaired) electrons. The summed E-state index contributed by atoms with van der Waals surface area (Å²) in [4.78, 5) is 25.0. The van der Waals surface area contributed by atoms with Crippen LogP contribution in [-0.2, 0) is 24.5 Å². The molecule has 1 aromatic carbocycles. The van der Waals surface area contributed by atoms with Gasteiger partial charge in [-0.2, -0.15) is 0 Å². The Morgan fingerprint density at radius 1 is 1.08 bits per heavy atom. The zero-order chi connectivity index (χ0) is 20.1. The van der Waals surface area contributed by atoms with Crippen molar-refractivity contribution in [3.05, 3.63) is 29.8 Å². The summed E-state index contributed by atoms with van der Waals surface area (Å²) in [7, 11) is 0.537. The number of Topliss-reactive ketones (excluding diaryl/α,β-unsaturated/α-hetero) is 1. The molecule has 0 aliphatic rings. The van der Waals surface area contributed by atoms with E-state index in [1.807, 2.05) is 43.9 Å². The van der Waals surface area contributed by atoms with Crippen LogP contribution < -0.4 is 4.74 Å². The van der Waals surface area contributed by atoms with Gasteiger partial charge < -0.3 is 14.2 Å². The third kappa shape index (κ3) is 5.41. The highest BCUT2D eigenvalue weighted by Crippen LogP contribution is 2.30. The second-order valence-corrected chi connectivity index (χ2v) is 13.5. The lowest BCUT2D eigenvalue weighted by molar-refractivity contribution is -0.154. The quantitative estimate of drug-likeness (QED) is 0.278. The third-order valence-corrected chi connectivity index (χ3v) is 7.05. The number of methoxy groups -OCH3 is 2. The standard InChI is InChI=1S/C20H32O5Si/c1-9-20(2,3)14-10-12-15(13-11-14)25-19(24-5)16(21)17(18(22)23-4)26(6,7)8/h10-13,17,19H,9H2,1-8H3. The summed E-state index contributed by atoms with van der Waals surface area (Å²) in [5.41, 5.74) is 0.431. The Labute approximate surface area is 158 Å². The second kappa shape index (κ2) is 8.82. The van der Waals surface area contributed by atoms with E-state index in [-0.39, 0.29) is 5.41 Å². The molecule has 0 amide bonds. The molecule has 5 nitrogen and oxygen atoms in total. The minimum absolute atomic E-state index is 0.0722. The van der Waals surface area contributed by atoms with Gasteiger partial charge in [0.05, 0.1) is 15.2 Å². The molecule has 0 spiro atoms. The van der Waals surface area contributed by atoms with Crippen LogP contribution in [-0.4, -0.2) is 40.3 Å². The molecule has 0 aliphatic carbocycles. The molecule has 2 unspecified atom stereocenters. The van der Waals surface area contributed by atoms with Crippen molar-refractivity contribution in [1.29, 1.82) is 0 Å². The summed E-state index contributed by atoms with van der Waals surface area (Å²) >= 11 is 0. The minimum atomic E-state index is -2.15. The van der Waals surface area contributed by atoms with Crippen LogP contribution in [0.15, 0.2) is 24.3 Å². The largest absolute Gasteiger partial charge is 0.469 e. The lowest BCUT2D eigenvalue weighted by atomic mass is 9.82. The average Bonchev–Trinajstić information content (AvgIpc) is 2.58. The van der Waals surface area contributed by atoms with Gasteiger partial charge in [0.2, 0.25) is 5.78 Å². The third-order valence-electron chi connectivity index (χ3n) is 4.80. The number of carbonyl (C=O) groups is 2. The van der Waals surface area contributed by atoms with Crippen LogP contribution in [0.5, 0.6) is 5.75 Å². The summed E-state index contributed by atoms with van der Waals surface area (Å²) in [5, 5.41) is 0. The molecule has 1 rings (SSSR count). The van der Waals surface area contributed by atoms with Crippen molar-refractivity contribution in [3.63, 3.8) is 0 Å². The van der Waals surface area contributed by atoms with Crippen LogP contribution in [0.4, 0.5) is 0 Å². The van der Waals surface area contributed by atoms with E-state index in [1.165, 1.54) is 19.8 Å². The number of hydrogen-bond acceptors (Lipinski definition) is 5. The first-order valence-corrected chi connectivity index (χ1v) is 12.5. The number of ether oxygens (including phenoxy) is 3. The number of hydrogen-bond donors (Lipinski definition) is 0. The molecular formula is C20H32O5Si. The molecule has 0 aliphatic heterocycles. The maximum absolute atomic E-state index is 12.9. The molecule has 0 heterocycles. The molecule has 26 heavy (non-hydrogen) atoms. The Morgan fingerprint density at radius 2 is 1.62 bits per heavy atom. The fourth-order valence-corrected chi connectivity index (χ4v) is 4.50. The van der Waals surface area contributed by atoms with Crippen LogP contribution >= 0.6 is 0 Å². The van der Waals surface area contributed by atoms with Gasteiger partial charge >= 0.3 is 5.97 Å². The van der Waals surface area contributed by atoms with E-state index in [0.717, 1.165) is 6.42 Å². The Hall–Kier alpha value is -1.66. The highest BCUT2D eigenvalue weighted by Gasteiger charge is 2.44. The van der Waals surface area contributed by atoms with Gasteiger partial charge in [0.15, 0.2) is 0 Å². The van der Waals surface area contributed by atoms with Gasteiger partial charge in [0.1, 0.15) is 11.3 Å². The van der Waals surface area contributed by atoms with Gasteiger partial charge in [-0.1, -0.05) is 52.5 Å². The highest BCUT2D eigenvalue weighted by molar-refractivity contribution is 6.83. The Balaban J connectivity index is 3.01. The molecule has 0 N–H and O–H groups in total. The zero-order valence-corrected chi connectivity index (χ0v) is 18.2. The topological polar surface area (TPSA) is 61.8 Å². The van der Waals surface area contributed by atoms with Crippen molar-refractivity contribution >= 4 is 19.8 Å². The lowest BCUT2D eigenvalue weighted by Gasteiger charge is -2.28. The van der Waals surface area contributed by atoms with Gasteiger partial charge in [0, 0.05) is 7.11 Å². The normalized spacial score (nSPS) is 14.5. The van der Waals surface area contributed by atoms with Crippen molar-refractivity contribution in [2.75, 3.05) is 14.2 Å². The predicted octanol–water partition coefficient (Wildman–Crippen LogP) is 4.18. The van der Waals surface area contributed by atoms with Gasteiger partial charge in [-0.15, -0.1) is 0 Å². The summed E-state index contributed by atoms with van der Waals surface area (Å²) in [6.45, 7) is 12.3. The monoisotopic (exact) mass is 380 g/mol. The van der Waals surface area contributed by atoms with E-state index >= 15 is 0 Å². The number of carbonyl (C=O) groups excluding carboxylic acids is 2. The first-order valence-electron chi connectivity index (χ1n) is 8.89. The Kier molecular flexibility index (Phi) is 7.59. The molecule has 0 saturated carbocycles. The zero-order valence-electron chi connectivity index (χ0n) is 17.2. The van der Waals surface area contributed by atoms with E-state index in [9.17, 15) is 9.59 Å². The smallest absolute Gasteiger partial charge is 0.313 e. The van der Waals surface area contributed by atoms with Crippen molar-refractivity contribution in [2.45, 2.75) is 64.1 Å². The Bertz CT molecular complexity index is 616. The summed E-state index contributed by atoms with van der Waals surface area (Å²) < 4.78 is 15.8. The maximum atomic E-state index is 12.9. The van der Waals surface area contributed by atoms with Crippen LogP contribution in [0.25, 0.3) is 0 Å². The van der Waals surface area contributed by atoms with Crippen molar-refractivity contribution in [3.8, 4) is 5.75 Å². The van der Waals surface area contributed by atoms with Crippen molar-refractivity contribution in [1.82, 2.24) is 0 Å². The van der Waals surface area contributed by atoms with Crippen molar-refractivity contribution in [2.24, 2.45) is 0 Å². The second-order valence-electron chi connectivity index (χ2n) is 8.17. The van der Waals surface area contributed by atoms with Crippen LogP contribution in [0.2, 0.25) is 25.2 Å². The summed E-state index contributed by atoms with van der Waals surface area (Å²) in [6, 6.07) is 7.64. The number of benzene rings is 1. The van der Waals surface area contributed by atoms with E-state index < -0.39 is 31.7 Å². The average molecular weight is 381 g/mol. The molecule has 0 fully saturated rings. The highest BCUT2D eigenvalue weighted by atomic mass is 28.3. The van der Waals surface area contributed by atoms with E-state index in [2.05, 4.69) is 20.8 Å². The minimum Gasteiger partial charge on any atom is -0.469 e. The van der Waals surface area contributed by atoms with Crippen LogP contribution in [0.1, 0.15) is 32.8 Å². The number of esters is 1. The molecule has 1 aromatic rings. The van der Waals surface area contributed by atoms with E-state index in [4.69, 9.17) is 14.2 Å². The van der Waals surface area contributed by atoms with Crippen molar-refractivity contribution < 1.29 is 23.8 Å². The molecule has 0 saturated heterocycles. The van der Waals surface area contributed by atoms with Crippen LogP contribution in [0, 0.1) is 0 Å². The number of rotatable bonds is 9. The van der Waals surface area contributed by atoms with Crippen LogP contribution in [0.3, 0.4) is 0 Å². The van der Waals surface area contributed by atoms with E-state index in [1.54, 1.807) is 0 Å². The molecular weight excluding hydrogens is 348 g/mol. The fourth-order valence-electron chi connectivity index (χ4n) is 2.69. The van der Waals surface area contributed by atoms with Gasteiger partial charge in [-0.05, 0) is 29.5 Å². The molecule has 2 atom stereocenters. The molecule has 6 heteroatoms. The van der Waals surface area contributed by atoms with Gasteiger partial charge in [-0.3, -0.25) is 9.59 Å². The first-order chi connectivity index (χ1) is 12.0. The fraction of sp³-hybridized carbons (Fsp3) is 0.600. The maximum Gasteiger partial charge on any atom is 0.313 e.